The van der Waals surface area contributed by atoms with E-state index in [9.17, 15) is 22.7 Å². The highest BCUT2D eigenvalue weighted by Gasteiger charge is 2.31. The van der Waals surface area contributed by atoms with Gasteiger partial charge in [0.15, 0.2) is 28.7 Å². The van der Waals surface area contributed by atoms with Crippen LogP contribution in [0.2, 0.25) is 0 Å². The van der Waals surface area contributed by atoms with Gasteiger partial charge in [0.05, 0.1) is 7.11 Å². The van der Waals surface area contributed by atoms with Crippen LogP contribution in [0, 0.1) is 5.82 Å². The number of nitrogens with two attached hydrogens (primary N) is 1. The van der Waals surface area contributed by atoms with Crippen molar-refractivity contribution in [1.82, 2.24) is 9.46 Å². The molecule has 0 unspecified atom stereocenters. The fourth-order valence-corrected chi connectivity index (χ4v) is 3.52. The topological polar surface area (TPSA) is 139 Å². The lowest BCUT2D eigenvalue weighted by Gasteiger charge is -2.32. The molecular formula is C15H17FN4O6S. The number of hydrogen-bond acceptors (Lipinski definition) is 7. The van der Waals surface area contributed by atoms with Crippen LogP contribution in [-0.4, -0.2) is 62.2 Å². The maximum absolute atomic E-state index is 13.6. The van der Waals surface area contributed by atoms with E-state index in [2.05, 4.69) is 5.16 Å². The Morgan fingerprint density at radius 3 is 2.56 bits per heavy atom. The average Bonchev–Trinajstić information content (AvgIpc) is 3.07. The summed E-state index contributed by atoms with van der Waals surface area (Å²) in [5.41, 5.74) is 0.0836. The van der Waals surface area contributed by atoms with Crippen molar-refractivity contribution in [1.29, 1.82) is 0 Å². The summed E-state index contributed by atoms with van der Waals surface area (Å²) in [5, 5.41) is 18.6. The van der Waals surface area contributed by atoms with Crippen molar-refractivity contribution in [2.24, 2.45) is 5.14 Å². The Labute approximate surface area is 154 Å². The molecule has 2 aromatic rings. The Morgan fingerprint density at radius 2 is 2.00 bits per heavy atom. The fraction of sp³-hybridized carbons (Fsp3) is 0.333. The first-order chi connectivity index (χ1) is 12.7. The molecule has 0 radical (unpaired) electrons. The largest absolute Gasteiger partial charge is 0.494 e. The minimum Gasteiger partial charge on any atom is -0.494 e. The van der Waals surface area contributed by atoms with Crippen molar-refractivity contribution in [3.63, 3.8) is 0 Å². The quantitative estimate of drug-likeness (QED) is 0.740. The lowest BCUT2D eigenvalue weighted by atomic mass is 10.1. The number of ether oxygens (including phenoxy) is 1. The predicted molar refractivity (Wildman–Crippen MR) is 92.3 cm³/mol. The van der Waals surface area contributed by atoms with Crippen molar-refractivity contribution >= 4 is 22.0 Å². The monoisotopic (exact) mass is 400 g/mol. The third-order valence-corrected chi connectivity index (χ3v) is 5.28. The predicted octanol–water partition coefficient (Wildman–Crippen LogP) is 0.513. The highest BCUT2D eigenvalue weighted by Crippen LogP contribution is 2.34. The number of anilines is 1. The number of rotatable bonds is 5. The molecule has 1 aromatic heterocycles. The van der Waals surface area contributed by atoms with Gasteiger partial charge in [-0.25, -0.2) is 14.3 Å². The first-order valence-electron chi connectivity index (χ1n) is 7.82. The second-order valence-corrected chi connectivity index (χ2v) is 7.34. The number of methoxy groups -OCH3 is 1. The minimum atomic E-state index is -3.81. The molecule has 2 heterocycles. The van der Waals surface area contributed by atoms with E-state index in [-0.39, 0.29) is 54.6 Å². The molecule has 0 atom stereocenters. The van der Waals surface area contributed by atoms with Crippen LogP contribution >= 0.6 is 0 Å². The zero-order valence-electron chi connectivity index (χ0n) is 14.3. The molecule has 3 N–H and O–H groups in total. The van der Waals surface area contributed by atoms with Gasteiger partial charge in [0.1, 0.15) is 0 Å². The molecule has 1 fully saturated rings. The maximum atomic E-state index is 13.6. The van der Waals surface area contributed by atoms with E-state index in [1.807, 2.05) is 0 Å². The molecule has 3 rings (SSSR count). The third-order valence-electron chi connectivity index (χ3n) is 4.20. The molecule has 1 aliphatic rings. The number of nitrogens with zero attached hydrogens (tertiary/aromatic N) is 3. The first kappa shape index (κ1) is 19.1. The van der Waals surface area contributed by atoms with E-state index >= 15 is 0 Å². The van der Waals surface area contributed by atoms with Gasteiger partial charge in [-0.05, 0) is 18.2 Å². The summed E-state index contributed by atoms with van der Waals surface area (Å²) in [4.78, 5) is 13.4. The molecule has 10 nitrogen and oxygen atoms in total. The van der Waals surface area contributed by atoms with Gasteiger partial charge in [-0.1, -0.05) is 5.16 Å². The fourth-order valence-electron chi connectivity index (χ4n) is 2.84. The number of halogens is 1. The maximum Gasteiger partial charge on any atom is 0.343 e. The lowest BCUT2D eigenvalue weighted by Crippen LogP contribution is -2.51. The second kappa shape index (κ2) is 7.13. The summed E-state index contributed by atoms with van der Waals surface area (Å²) in [6, 6.07) is 3.80. The van der Waals surface area contributed by atoms with Crippen molar-refractivity contribution in [3.8, 4) is 17.1 Å². The second-order valence-electron chi connectivity index (χ2n) is 5.80. The summed E-state index contributed by atoms with van der Waals surface area (Å²) in [6.07, 6.45) is 0. The van der Waals surface area contributed by atoms with Gasteiger partial charge in [0, 0.05) is 31.7 Å². The van der Waals surface area contributed by atoms with E-state index in [0.717, 1.165) is 10.4 Å². The highest BCUT2D eigenvalue weighted by molar-refractivity contribution is 7.86. The van der Waals surface area contributed by atoms with Gasteiger partial charge in [-0.15, -0.1) is 0 Å². The molecule has 0 aliphatic carbocycles. The normalized spacial score (nSPS) is 15.7. The van der Waals surface area contributed by atoms with E-state index in [0.29, 0.717) is 0 Å². The van der Waals surface area contributed by atoms with Crippen LogP contribution in [0.4, 0.5) is 10.2 Å². The third kappa shape index (κ3) is 3.72. The van der Waals surface area contributed by atoms with Crippen molar-refractivity contribution in [2.45, 2.75) is 0 Å². The first-order valence-corrected chi connectivity index (χ1v) is 9.32. The van der Waals surface area contributed by atoms with Crippen molar-refractivity contribution < 1.29 is 32.0 Å². The van der Waals surface area contributed by atoms with Crippen LogP contribution in [0.3, 0.4) is 0 Å². The molecule has 1 aromatic carbocycles. The number of hydrogen-bond donors (Lipinski definition) is 2. The molecule has 12 heteroatoms. The summed E-state index contributed by atoms with van der Waals surface area (Å²) >= 11 is 0. The Hall–Kier alpha value is -2.70. The zero-order chi connectivity index (χ0) is 19.8. The number of carbonyl (C=O) groups is 1. The SMILES string of the molecule is COc1cc(-c2onc(N3CCN(S(N)(=O)=O)CC3)c2C(=O)O)ccc1F. The van der Waals surface area contributed by atoms with Gasteiger partial charge < -0.3 is 19.3 Å². The molecule has 0 spiro atoms. The van der Waals surface area contributed by atoms with Gasteiger partial charge >= 0.3 is 5.97 Å². The summed E-state index contributed by atoms with van der Waals surface area (Å²) in [7, 11) is -2.52. The van der Waals surface area contributed by atoms with Crippen LogP contribution in [-0.2, 0) is 10.2 Å². The number of carboxylic acids is 1. The van der Waals surface area contributed by atoms with Gasteiger partial charge in [-0.2, -0.15) is 12.7 Å². The molecular weight excluding hydrogens is 383 g/mol. The standard InChI is InChI=1S/C15H17FN4O6S/c1-25-11-8-9(2-3-10(11)16)13-12(15(21)22)14(18-26-13)19-4-6-20(7-5-19)27(17,23)24/h2-3,8H,4-7H2,1H3,(H,21,22)(H2,17,23,24). The van der Waals surface area contributed by atoms with Crippen LogP contribution < -0.4 is 14.8 Å². The molecule has 0 saturated carbocycles. The zero-order valence-corrected chi connectivity index (χ0v) is 15.1. The van der Waals surface area contributed by atoms with Crippen molar-refractivity contribution in [2.75, 3.05) is 38.2 Å². The van der Waals surface area contributed by atoms with E-state index < -0.39 is 22.0 Å². The lowest BCUT2D eigenvalue weighted by molar-refractivity contribution is 0.0697. The summed E-state index contributed by atoms with van der Waals surface area (Å²) in [6.45, 7) is 0.555. The number of piperazine rings is 1. The summed E-state index contributed by atoms with van der Waals surface area (Å²) < 4.78 is 47.6. The molecule has 146 valence electrons. The van der Waals surface area contributed by atoms with E-state index in [1.165, 1.54) is 19.2 Å². The number of carboxylic acid groups (broad SMARTS) is 1. The van der Waals surface area contributed by atoms with E-state index in [1.54, 1.807) is 4.90 Å². The van der Waals surface area contributed by atoms with Crippen LogP contribution in [0.1, 0.15) is 10.4 Å². The Bertz CT molecular complexity index is 969. The van der Waals surface area contributed by atoms with Crippen LogP contribution in [0.15, 0.2) is 22.7 Å². The van der Waals surface area contributed by atoms with Gasteiger partial charge in [0.2, 0.25) is 0 Å². The van der Waals surface area contributed by atoms with Crippen molar-refractivity contribution in [3.05, 3.63) is 29.6 Å². The number of aromatic carboxylic acids is 1. The van der Waals surface area contributed by atoms with Crippen LogP contribution in [0.25, 0.3) is 11.3 Å². The Morgan fingerprint density at radius 1 is 1.33 bits per heavy atom. The van der Waals surface area contributed by atoms with Gasteiger partial charge in [0.25, 0.3) is 10.2 Å². The number of benzene rings is 1. The minimum absolute atomic E-state index is 0.0512. The molecule has 1 aliphatic heterocycles. The number of aromatic nitrogens is 1. The van der Waals surface area contributed by atoms with Gasteiger partial charge in [-0.3, -0.25) is 0 Å². The average molecular weight is 400 g/mol. The van der Waals surface area contributed by atoms with E-state index in [4.69, 9.17) is 14.4 Å². The van der Waals surface area contributed by atoms with Crippen LogP contribution in [0.5, 0.6) is 5.75 Å². The summed E-state index contributed by atoms with van der Waals surface area (Å²) in [5.74, 6) is -1.93. The highest BCUT2D eigenvalue weighted by atomic mass is 32.2. The molecule has 27 heavy (non-hydrogen) atoms. The Kier molecular flexibility index (Phi) is 5.04. The molecule has 1 saturated heterocycles. The smallest absolute Gasteiger partial charge is 0.343 e. The Balaban J connectivity index is 1.94. The molecule has 0 amide bonds. The molecule has 0 bridgehead atoms.